The molecule has 2 N–H and O–H groups in total. The lowest BCUT2D eigenvalue weighted by molar-refractivity contribution is 0.577. The standard InChI is InChI=1S/C13H19N7/c1-14-11-17-12(16-8-10-4-2-3-5-10)19-13(18-11)20-7-6-15-9-20/h6-7,9-10H,2-5,8H2,1H3,(H2,14,16,17,18,19). The molecule has 2 heterocycles. The van der Waals surface area contributed by atoms with Crippen molar-refractivity contribution in [3.05, 3.63) is 18.7 Å². The van der Waals surface area contributed by atoms with Crippen LogP contribution >= 0.6 is 0 Å². The van der Waals surface area contributed by atoms with Gasteiger partial charge in [-0.1, -0.05) is 12.8 Å². The van der Waals surface area contributed by atoms with Crippen LogP contribution in [-0.4, -0.2) is 38.1 Å². The van der Waals surface area contributed by atoms with Crippen LogP contribution in [0, 0.1) is 5.92 Å². The molecule has 0 unspecified atom stereocenters. The lowest BCUT2D eigenvalue weighted by atomic mass is 10.1. The SMILES string of the molecule is CNc1nc(NCC2CCCC2)nc(-n2ccnc2)n1. The molecular formula is C13H19N7. The summed E-state index contributed by atoms with van der Waals surface area (Å²) in [5.74, 6) is 2.47. The van der Waals surface area contributed by atoms with Gasteiger partial charge in [0, 0.05) is 26.0 Å². The van der Waals surface area contributed by atoms with Crippen molar-refractivity contribution >= 4 is 11.9 Å². The van der Waals surface area contributed by atoms with Gasteiger partial charge in [0.05, 0.1) is 0 Å². The minimum Gasteiger partial charge on any atom is -0.357 e. The number of nitrogens with one attached hydrogen (secondary N) is 2. The highest BCUT2D eigenvalue weighted by Crippen LogP contribution is 2.24. The molecule has 3 rings (SSSR count). The zero-order chi connectivity index (χ0) is 13.8. The summed E-state index contributed by atoms with van der Waals surface area (Å²) in [6.45, 7) is 0.927. The minimum atomic E-state index is 0.553. The van der Waals surface area contributed by atoms with E-state index in [1.54, 1.807) is 24.1 Å². The summed E-state index contributed by atoms with van der Waals surface area (Å²) in [6, 6.07) is 0. The minimum absolute atomic E-state index is 0.553. The van der Waals surface area contributed by atoms with Crippen molar-refractivity contribution in [2.45, 2.75) is 25.7 Å². The van der Waals surface area contributed by atoms with Crippen molar-refractivity contribution < 1.29 is 0 Å². The molecule has 0 radical (unpaired) electrons. The third kappa shape index (κ3) is 2.87. The van der Waals surface area contributed by atoms with Crippen LogP contribution in [-0.2, 0) is 0 Å². The highest BCUT2D eigenvalue weighted by atomic mass is 15.3. The van der Waals surface area contributed by atoms with E-state index in [9.17, 15) is 0 Å². The molecule has 1 aliphatic carbocycles. The first kappa shape index (κ1) is 12.8. The molecular weight excluding hydrogens is 254 g/mol. The molecule has 106 valence electrons. The van der Waals surface area contributed by atoms with Crippen molar-refractivity contribution in [1.29, 1.82) is 0 Å². The van der Waals surface area contributed by atoms with Crippen LogP contribution < -0.4 is 10.6 Å². The van der Waals surface area contributed by atoms with Crippen LogP contribution in [0.2, 0.25) is 0 Å². The van der Waals surface area contributed by atoms with Gasteiger partial charge >= 0.3 is 0 Å². The lowest BCUT2D eigenvalue weighted by Gasteiger charge is -2.12. The topological polar surface area (TPSA) is 80.5 Å². The van der Waals surface area contributed by atoms with Crippen LogP contribution in [0.3, 0.4) is 0 Å². The van der Waals surface area contributed by atoms with E-state index in [-0.39, 0.29) is 0 Å². The molecule has 2 aromatic rings. The molecule has 1 aliphatic rings. The summed E-state index contributed by atoms with van der Waals surface area (Å²) in [5.41, 5.74) is 0. The Morgan fingerprint density at radius 1 is 1.20 bits per heavy atom. The fraction of sp³-hybridized carbons (Fsp3) is 0.538. The van der Waals surface area contributed by atoms with Gasteiger partial charge in [0.1, 0.15) is 6.33 Å². The van der Waals surface area contributed by atoms with E-state index in [2.05, 4.69) is 30.6 Å². The maximum Gasteiger partial charge on any atom is 0.241 e. The number of imidazole rings is 1. The Morgan fingerprint density at radius 3 is 2.70 bits per heavy atom. The van der Waals surface area contributed by atoms with Gasteiger partial charge in [0.15, 0.2) is 0 Å². The predicted octanol–water partition coefficient (Wildman–Crippen LogP) is 1.70. The predicted molar refractivity (Wildman–Crippen MR) is 76.9 cm³/mol. The van der Waals surface area contributed by atoms with E-state index < -0.39 is 0 Å². The van der Waals surface area contributed by atoms with Gasteiger partial charge in [-0.2, -0.15) is 15.0 Å². The van der Waals surface area contributed by atoms with E-state index in [1.807, 2.05) is 6.20 Å². The second-order valence-corrected chi connectivity index (χ2v) is 5.03. The Labute approximate surface area is 117 Å². The number of nitrogens with zero attached hydrogens (tertiary/aromatic N) is 5. The van der Waals surface area contributed by atoms with Crippen molar-refractivity contribution in [3.63, 3.8) is 0 Å². The number of rotatable bonds is 5. The summed E-state index contributed by atoms with van der Waals surface area (Å²) in [4.78, 5) is 17.1. The summed E-state index contributed by atoms with van der Waals surface area (Å²) in [5, 5.41) is 6.29. The van der Waals surface area contributed by atoms with E-state index in [0.717, 1.165) is 12.5 Å². The van der Waals surface area contributed by atoms with Crippen molar-refractivity contribution in [2.24, 2.45) is 5.92 Å². The average Bonchev–Trinajstić information content (AvgIpc) is 3.17. The first-order valence-electron chi connectivity index (χ1n) is 7.01. The van der Waals surface area contributed by atoms with Crippen molar-refractivity contribution in [2.75, 3.05) is 24.2 Å². The molecule has 1 fully saturated rings. The zero-order valence-corrected chi connectivity index (χ0v) is 11.6. The van der Waals surface area contributed by atoms with Crippen LogP contribution in [0.5, 0.6) is 0 Å². The Kier molecular flexibility index (Phi) is 3.76. The summed E-state index contributed by atoms with van der Waals surface area (Å²) >= 11 is 0. The number of hydrogen-bond acceptors (Lipinski definition) is 6. The first-order valence-corrected chi connectivity index (χ1v) is 7.01. The molecule has 0 bridgehead atoms. The average molecular weight is 273 g/mol. The third-order valence-electron chi connectivity index (χ3n) is 3.61. The molecule has 2 aromatic heterocycles. The highest BCUT2D eigenvalue weighted by molar-refractivity contribution is 5.37. The Morgan fingerprint density at radius 2 is 2.00 bits per heavy atom. The second kappa shape index (κ2) is 5.85. The fourth-order valence-corrected chi connectivity index (χ4v) is 2.50. The van der Waals surface area contributed by atoms with Crippen LogP contribution in [0.15, 0.2) is 18.7 Å². The summed E-state index contributed by atoms with van der Waals surface area (Å²) in [6.07, 6.45) is 10.5. The molecule has 0 saturated heterocycles. The molecule has 0 aromatic carbocycles. The maximum absolute atomic E-state index is 4.43. The number of anilines is 2. The molecule has 0 aliphatic heterocycles. The first-order chi connectivity index (χ1) is 9.85. The van der Waals surface area contributed by atoms with Crippen molar-refractivity contribution in [3.8, 4) is 5.95 Å². The maximum atomic E-state index is 4.43. The van der Waals surface area contributed by atoms with Gasteiger partial charge in [0.25, 0.3) is 0 Å². The molecule has 0 atom stereocenters. The quantitative estimate of drug-likeness (QED) is 0.863. The van der Waals surface area contributed by atoms with E-state index >= 15 is 0 Å². The smallest absolute Gasteiger partial charge is 0.241 e. The Hall–Kier alpha value is -2.18. The lowest BCUT2D eigenvalue weighted by Crippen LogP contribution is -2.15. The number of hydrogen-bond donors (Lipinski definition) is 2. The Balaban J connectivity index is 1.77. The second-order valence-electron chi connectivity index (χ2n) is 5.03. The molecule has 0 spiro atoms. The third-order valence-corrected chi connectivity index (χ3v) is 3.61. The molecule has 7 heteroatoms. The van der Waals surface area contributed by atoms with Crippen LogP contribution in [0.25, 0.3) is 5.95 Å². The molecule has 7 nitrogen and oxygen atoms in total. The van der Waals surface area contributed by atoms with Crippen LogP contribution in [0.4, 0.5) is 11.9 Å². The number of aromatic nitrogens is 5. The largest absolute Gasteiger partial charge is 0.357 e. The Bertz CT molecular complexity index is 546. The molecule has 20 heavy (non-hydrogen) atoms. The van der Waals surface area contributed by atoms with Gasteiger partial charge in [-0.3, -0.25) is 4.57 Å². The van der Waals surface area contributed by atoms with Gasteiger partial charge in [-0.25, -0.2) is 4.98 Å². The molecule has 0 amide bonds. The summed E-state index contributed by atoms with van der Waals surface area (Å²) in [7, 11) is 1.80. The van der Waals surface area contributed by atoms with Gasteiger partial charge in [-0.05, 0) is 18.8 Å². The van der Waals surface area contributed by atoms with Crippen molar-refractivity contribution in [1.82, 2.24) is 24.5 Å². The van der Waals surface area contributed by atoms with E-state index in [0.29, 0.717) is 17.8 Å². The van der Waals surface area contributed by atoms with Crippen LogP contribution in [0.1, 0.15) is 25.7 Å². The van der Waals surface area contributed by atoms with E-state index in [1.165, 1.54) is 25.7 Å². The van der Waals surface area contributed by atoms with Gasteiger partial charge in [0.2, 0.25) is 17.8 Å². The van der Waals surface area contributed by atoms with Gasteiger partial charge < -0.3 is 10.6 Å². The zero-order valence-electron chi connectivity index (χ0n) is 11.6. The summed E-state index contributed by atoms with van der Waals surface area (Å²) < 4.78 is 1.77. The van der Waals surface area contributed by atoms with E-state index in [4.69, 9.17) is 0 Å². The molecule has 1 saturated carbocycles. The normalized spacial score (nSPS) is 15.4. The monoisotopic (exact) mass is 273 g/mol. The highest BCUT2D eigenvalue weighted by Gasteiger charge is 2.15. The fourth-order valence-electron chi connectivity index (χ4n) is 2.50. The van der Waals surface area contributed by atoms with Gasteiger partial charge in [-0.15, -0.1) is 0 Å².